The van der Waals surface area contributed by atoms with Crippen LogP contribution in [0.25, 0.3) is 0 Å². The molecule has 0 aromatic heterocycles. The lowest BCUT2D eigenvalue weighted by molar-refractivity contribution is -0.150. The number of rotatable bonds is 7. The molecular weight excluding hydrogens is 470 g/mol. The lowest BCUT2D eigenvalue weighted by atomic mass is 10.1. The zero-order chi connectivity index (χ0) is 19.1. The molecule has 1 amide bonds. The number of aliphatic carboxylic acids is 1. The lowest BCUT2D eigenvalue weighted by Gasteiger charge is -2.14. The highest BCUT2D eigenvalue weighted by Crippen LogP contribution is 2.20. The van der Waals surface area contributed by atoms with Crippen molar-refractivity contribution >= 4 is 49.7 Å². The molecule has 2 aromatic rings. The number of ether oxygens (including phenoxy) is 1. The Morgan fingerprint density at radius 3 is 2.23 bits per heavy atom. The summed E-state index contributed by atoms with van der Waals surface area (Å²) in [4.78, 5) is 35.5. The number of carbonyl (C=O) groups is 3. The Kier molecular flexibility index (Phi) is 7.35. The highest BCUT2D eigenvalue weighted by molar-refractivity contribution is 9.11. The number of halogens is 2. The summed E-state index contributed by atoms with van der Waals surface area (Å²) in [5.41, 5.74) is 1.05. The second-order valence-electron chi connectivity index (χ2n) is 5.37. The molecule has 26 heavy (non-hydrogen) atoms. The molecule has 1 atom stereocenters. The number of carboxylic acid groups (broad SMARTS) is 1. The van der Waals surface area contributed by atoms with E-state index in [1.807, 2.05) is 6.07 Å². The van der Waals surface area contributed by atoms with Crippen molar-refractivity contribution < 1.29 is 24.2 Å². The van der Waals surface area contributed by atoms with E-state index in [0.717, 1.165) is 5.56 Å². The predicted octanol–water partition coefficient (Wildman–Crippen LogP) is 3.53. The van der Waals surface area contributed by atoms with Gasteiger partial charge in [0, 0.05) is 14.5 Å². The quantitative estimate of drug-likeness (QED) is 0.586. The summed E-state index contributed by atoms with van der Waals surface area (Å²) in [6.07, 6.45) is -0.469. The van der Waals surface area contributed by atoms with E-state index in [-0.39, 0.29) is 12.2 Å². The number of benzene rings is 2. The highest BCUT2D eigenvalue weighted by Gasteiger charge is 2.25. The van der Waals surface area contributed by atoms with E-state index in [1.165, 1.54) is 0 Å². The minimum atomic E-state index is -1.39. The van der Waals surface area contributed by atoms with E-state index < -0.39 is 30.3 Å². The van der Waals surface area contributed by atoms with Crippen molar-refractivity contribution in [2.75, 3.05) is 0 Å². The number of carbonyl (C=O) groups excluding carboxylic acids is 2. The van der Waals surface area contributed by atoms with Crippen LogP contribution in [-0.2, 0) is 20.9 Å². The third kappa shape index (κ3) is 6.27. The van der Waals surface area contributed by atoms with E-state index in [4.69, 9.17) is 4.74 Å². The molecule has 0 unspecified atom stereocenters. The zero-order valence-corrected chi connectivity index (χ0v) is 16.6. The largest absolute Gasteiger partial charge is 0.480 e. The first-order chi connectivity index (χ1) is 12.3. The van der Waals surface area contributed by atoms with Gasteiger partial charge in [-0.1, -0.05) is 62.2 Å². The minimum Gasteiger partial charge on any atom is -0.480 e. The summed E-state index contributed by atoms with van der Waals surface area (Å²) in [6, 6.07) is 12.5. The van der Waals surface area contributed by atoms with Crippen molar-refractivity contribution in [3.63, 3.8) is 0 Å². The smallest absolute Gasteiger partial charge is 0.326 e. The number of nitrogens with one attached hydrogen (secondary N) is 1. The van der Waals surface area contributed by atoms with Crippen LogP contribution in [0.4, 0.5) is 0 Å². The molecule has 2 aromatic carbocycles. The monoisotopic (exact) mass is 483 g/mol. The predicted molar refractivity (Wildman–Crippen MR) is 102 cm³/mol. The van der Waals surface area contributed by atoms with Crippen LogP contribution in [0.5, 0.6) is 0 Å². The van der Waals surface area contributed by atoms with Crippen molar-refractivity contribution in [2.45, 2.75) is 19.1 Å². The number of hydrogen-bond acceptors (Lipinski definition) is 4. The van der Waals surface area contributed by atoms with Gasteiger partial charge in [-0.15, -0.1) is 0 Å². The SMILES string of the molecule is O=C(C[C@H](NC(=O)c1cc(Br)cc(Br)c1)C(=O)O)OCc1ccccc1. The van der Waals surface area contributed by atoms with Gasteiger partial charge in [0.25, 0.3) is 5.91 Å². The first-order valence-electron chi connectivity index (χ1n) is 7.54. The molecule has 2 rings (SSSR count). The van der Waals surface area contributed by atoms with Crippen LogP contribution in [0, 0.1) is 0 Å². The van der Waals surface area contributed by atoms with E-state index in [2.05, 4.69) is 37.2 Å². The molecule has 0 radical (unpaired) electrons. The fraction of sp³-hybridized carbons (Fsp3) is 0.167. The Balaban J connectivity index is 1.96. The molecule has 8 heteroatoms. The zero-order valence-electron chi connectivity index (χ0n) is 13.4. The number of hydrogen-bond donors (Lipinski definition) is 2. The van der Waals surface area contributed by atoms with Crippen LogP contribution in [0.15, 0.2) is 57.5 Å². The molecular formula is C18H15Br2NO5. The molecule has 0 aliphatic rings. The third-order valence-corrected chi connectivity index (χ3v) is 4.26. The Morgan fingerprint density at radius 1 is 1.04 bits per heavy atom. The summed E-state index contributed by atoms with van der Waals surface area (Å²) >= 11 is 6.52. The average Bonchev–Trinajstić information content (AvgIpc) is 2.59. The van der Waals surface area contributed by atoms with Crippen molar-refractivity contribution in [1.82, 2.24) is 5.32 Å². The third-order valence-electron chi connectivity index (χ3n) is 3.34. The maximum atomic E-state index is 12.3. The van der Waals surface area contributed by atoms with Gasteiger partial charge in [0.15, 0.2) is 0 Å². The Morgan fingerprint density at radius 2 is 1.65 bits per heavy atom. The Bertz CT molecular complexity index is 790. The van der Waals surface area contributed by atoms with Gasteiger partial charge in [0.05, 0.1) is 6.42 Å². The average molecular weight is 485 g/mol. The van der Waals surface area contributed by atoms with E-state index in [9.17, 15) is 19.5 Å². The first-order valence-corrected chi connectivity index (χ1v) is 9.13. The second-order valence-corrected chi connectivity index (χ2v) is 7.20. The van der Waals surface area contributed by atoms with Crippen LogP contribution in [0.2, 0.25) is 0 Å². The summed E-state index contributed by atoms with van der Waals surface area (Å²) in [6.45, 7) is 0.0402. The van der Waals surface area contributed by atoms with Crippen LogP contribution in [0.1, 0.15) is 22.3 Å². The van der Waals surface area contributed by atoms with Crippen molar-refractivity contribution in [2.24, 2.45) is 0 Å². The van der Waals surface area contributed by atoms with Crippen LogP contribution in [0.3, 0.4) is 0 Å². The molecule has 0 fully saturated rings. The number of esters is 1. The van der Waals surface area contributed by atoms with Gasteiger partial charge in [-0.2, -0.15) is 0 Å². The van der Waals surface area contributed by atoms with Crippen molar-refractivity contribution in [1.29, 1.82) is 0 Å². The van der Waals surface area contributed by atoms with E-state index >= 15 is 0 Å². The minimum absolute atomic E-state index is 0.0402. The Labute approximate surface area is 166 Å². The molecule has 0 heterocycles. The molecule has 0 spiro atoms. The maximum Gasteiger partial charge on any atom is 0.326 e. The summed E-state index contributed by atoms with van der Waals surface area (Å²) < 4.78 is 6.38. The molecule has 136 valence electrons. The van der Waals surface area contributed by atoms with Gasteiger partial charge in [-0.3, -0.25) is 9.59 Å². The standard InChI is InChI=1S/C18H15Br2NO5/c19-13-6-12(7-14(20)8-13)17(23)21-15(18(24)25)9-16(22)26-10-11-4-2-1-3-5-11/h1-8,15H,9-10H2,(H,21,23)(H,24,25)/t15-/m0/s1. The Hall–Kier alpha value is -2.19. The van der Waals surface area contributed by atoms with E-state index in [1.54, 1.807) is 42.5 Å². The topological polar surface area (TPSA) is 92.7 Å². The molecule has 0 bridgehead atoms. The molecule has 2 N–H and O–H groups in total. The second kappa shape index (κ2) is 9.49. The van der Waals surface area contributed by atoms with Crippen LogP contribution < -0.4 is 5.32 Å². The lowest BCUT2D eigenvalue weighted by Crippen LogP contribution is -2.42. The first kappa shape index (κ1) is 20.1. The van der Waals surface area contributed by atoms with Gasteiger partial charge in [-0.05, 0) is 23.8 Å². The maximum absolute atomic E-state index is 12.3. The summed E-state index contributed by atoms with van der Waals surface area (Å²) in [5.74, 6) is -2.63. The fourth-order valence-electron chi connectivity index (χ4n) is 2.09. The van der Waals surface area contributed by atoms with E-state index in [0.29, 0.717) is 8.95 Å². The number of amides is 1. The van der Waals surface area contributed by atoms with Crippen LogP contribution in [-0.4, -0.2) is 29.0 Å². The molecule has 0 aliphatic carbocycles. The van der Waals surface area contributed by atoms with Gasteiger partial charge in [0.1, 0.15) is 12.6 Å². The molecule has 0 aliphatic heterocycles. The van der Waals surface area contributed by atoms with Crippen molar-refractivity contribution in [3.8, 4) is 0 Å². The van der Waals surface area contributed by atoms with Gasteiger partial charge < -0.3 is 15.2 Å². The highest BCUT2D eigenvalue weighted by atomic mass is 79.9. The molecule has 0 saturated heterocycles. The molecule has 0 saturated carbocycles. The normalized spacial score (nSPS) is 11.5. The molecule has 6 nitrogen and oxygen atoms in total. The number of carboxylic acids is 1. The van der Waals surface area contributed by atoms with Gasteiger partial charge in [0.2, 0.25) is 0 Å². The van der Waals surface area contributed by atoms with Crippen molar-refractivity contribution in [3.05, 3.63) is 68.6 Å². The fourth-order valence-corrected chi connectivity index (χ4v) is 3.38. The van der Waals surface area contributed by atoms with Gasteiger partial charge >= 0.3 is 11.9 Å². The summed E-state index contributed by atoms with van der Waals surface area (Å²) in [5, 5.41) is 11.6. The summed E-state index contributed by atoms with van der Waals surface area (Å²) in [7, 11) is 0. The van der Waals surface area contributed by atoms with Gasteiger partial charge in [-0.25, -0.2) is 4.79 Å². The van der Waals surface area contributed by atoms with Crippen LogP contribution >= 0.6 is 31.9 Å².